The summed E-state index contributed by atoms with van der Waals surface area (Å²) < 4.78 is 7.18. The van der Waals surface area contributed by atoms with Crippen LogP contribution in [0.5, 0.6) is 0 Å². The number of nitrogens with zero attached hydrogens (tertiary/aromatic N) is 2. The zero-order valence-electron chi connectivity index (χ0n) is 8.84. The first-order chi connectivity index (χ1) is 7.75. The van der Waals surface area contributed by atoms with Crippen LogP contribution in [0.3, 0.4) is 0 Å². The SMILES string of the molecule is Cn1cc(-c2coc3ccccc23)c(N)n1. The predicted octanol–water partition coefficient (Wildman–Crippen LogP) is 2.42. The van der Waals surface area contributed by atoms with E-state index in [0.29, 0.717) is 5.82 Å². The van der Waals surface area contributed by atoms with Crippen LogP contribution >= 0.6 is 0 Å². The van der Waals surface area contributed by atoms with Crippen molar-refractivity contribution in [2.24, 2.45) is 7.05 Å². The van der Waals surface area contributed by atoms with Gasteiger partial charge in [0.05, 0.1) is 6.26 Å². The number of para-hydroxylation sites is 1. The Hall–Kier alpha value is -2.23. The van der Waals surface area contributed by atoms with Crippen molar-refractivity contribution in [2.75, 3.05) is 5.73 Å². The van der Waals surface area contributed by atoms with Gasteiger partial charge in [0, 0.05) is 29.8 Å². The molecule has 0 radical (unpaired) electrons. The summed E-state index contributed by atoms with van der Waals surface area (Å²) in [5, 5.41) is 5.18. The summed E-state index contributed by atoms with van der Waals surface area (Å²) in [5.74, 6) is 0.522. The lowest BCUT2D eigenvalue weighted by molar-refractivity contribution is 0.617. The maximum atomic E-state index is 5.85. The van der Waals surface area contributed by atoms with Gasteiger partial charge in [0.15, 0.2) is 5.82 Å². The first-order valence-corrected chi connectivity index (χ1v) is 5.01. The lowest BCUT2D eigenvalue weighted by Crippen LogP contribution is -1.90. The molecule has 0 aliphatic rings. The Morgan fingerprint density at radius 2 is 2.06 bits per heavy atom. The Kier molecular flexibility index (Phi) is 1.77. The minimum Gasteiger partial charge on any atom is -0.464 e. The molecule has 0 saturated carbocycles. The highest BCUT2D eigenvalue weighted by molar-refractivity contribution is 5.96. The van der Waals surface area contributed by atoms with Crippen LogP contribution in [0.2, 0.25) is 0 Å². The largest absolute Gasteiger partial charge is 0.464 e. The van der Waals surface area contributed by atoms with Gasteiger partial charge in [0.2, 0.25) is 0 Å². The Morgan fingerprint density at radius 1 is 1.25 bits per heavy atom. The van der Waals surface area contributed by atoms with Gasteiger partial charge in [0.1, 0.15) is 5.58 Å². The molecule has 0 fully saturated rings. The first-order valence-electron chi connectivity index (χ1n) is 5.01. The number of nitrogen functional groups attached to an aromatic ring is 1. The van der Waals surface area contributed by atoms with E-state index in [2.05, 4.69) is 5.10 Å². The molecule has 2 heterocycles. The van der Waals surface area contributed by atoms with E-state index in [4.69, 9.17) is 10.2 Å². The molecule has 2 N–H and O–H groups in total. The number of nitrogens with two attached hydrogens (primary N) is 1. The van der Waals surface area contributed by atoms with Gasteiger partial charge < -0.3 is 10.2 Å². The second kappa shape index (κ2) is 3.13. The topological polar surface area (TPSA) is 57.0 Å². The monoisotopic (exact) mass is 213 g/mol. The van der Waals surface area contributed by atoms with Crippen molar-refractivity contribution in [1.29, 1.82) is 0 Å². The summed E-state index contributed by atoms with van der Waals surface area (Å²) in [6.45, 7) is 0. The van der Waals surface area contributed by atoms with Crippen molar-refractivity contribution >= 4 is 16.8 Å². The van der Waals surface area contributed by atoms with Gasteiger partial charge >= 0.3 is 0 Å². The lowest BCUT2D eigenvalue weighted by atomic mass is 10.1. The second-order valence-corrected chi connectivity index (χ2v) is 3.75. The molecule has 2 aromatic heterocycles. The number of benzene rings is 1. The molecular formula is C12H11N3O. The third-order valence-corrected chi connectivity index (χ3v) is 2.63. The number of furan rings is 1. The quantitative estimate of drug-likeness (QED) is 0.675. The predicted molar refractivity (Wildman–Crippen MR) is 62.8 cm³/mol. The van der Waals surface area contributed by atoms with Crippen LogP contribution < -0.4 is 5.73 Å². The molecule has 3 aromatic rings. The van der Waals surface area contributed by atoms with Gasteiger partial charge in [-0.25, -0.2) is 0 Å². The molecular weight excluding hydrogens is 202 g/mol. The maximum Gasteiger partial charge on any atom is 0.153 e. The number of aryl methyl sites for hydroxylation is 1. The van der Waals surface area contributed by atoms with Crippen molar-refractivity contribution in [2.45, 2.75) is 0 Å². The van der Waals surface area contributed by atoms with E-state index in [1.54, 1.807) is 10.9 Å². The second-order valence-electron chi connectivity index (χ2n) is 3.75. The molecule has 0 amide bonds. The van der Waals surface area contributed by atoms with Crippen molar-refractivity contribution in [1.82, 2.24) is 9.78 Å². The summed E-state index contributed by atoms with van der Waals surface area (Å²) in [4.78, 5) is 0. The summed E-state index contributed by atoms with van der Waals surface area (Å²) in [6.07, 6.45) is 3.62. The van der Waals surface area contributed by atoms with E-state index >= 15 is 0 Å². The normalized spacial score (nSPS) is 11.1. The molecule has 16 heavy (non-hydrogen) atoms. The van der Waals surface area contributed by atoms with Gasteiger partial charge in [-0.15, -0.1) is 0 Å². The van der Waals surface area contributed by atoms with Gasteiger partial charge in [-0.3, -0.25) is 4.68 Å². The molecule has 0 spiro atoms. The summed E-state index contributed by atoms with van der Waals surface area (Å²) >= 11 is 0. The van der Waals surface area contributed by atoms with E-state index in [0.717, 1.165) is 22.1 Å². The van der Waals surface area contributed by atoms with Crippen molar-refractivity contribution < 1.29 is 4.42 Å². The fraction of sp³-hybridized carbons (Fsp3) is 0.0833. The molecule has 4 nitrogen and oxygen atoms in total. The Morgan fingerprint density at radius 3 is 2.81 bits per heavy atom. The Balaban J connectivity index is 2.30. The number of aromatic nitrogens is 2. The molecule has 0 aliphatic carbocycles. The zero-order chi connectivity index (χ0) is 11.1. The van der Waals surface area contributed by atoms with Crippen LogP contribution in [-0.2, 0) is 7.05 Å². The van der Waals surface area contributed by atoms with Crippen LogP contribution in [-0.4, -0.2) is 9.78 Å². The van der Waals surface area contributed by atoms with Crippen LogP contribution in [0, 0.1) is 0 Å². The molecule has 0 atom stereocenters. The van der Waals surface area contributed by atoms with Crippen LogP contribution in [0.1, 0.15) is 0 Å². The minimum absolute atomic E-state index is 0.522. The zero-order valence-corrected chi connectivity index (χ0v) is 8.84. The van der Waals surface area contributed by atoms with Gasteiger partial charge in [-0.2, -0.15) is 5.10 Å². The molecule has 1 aromatic carbocycles. The lowest BCUT2D eigenvalue weighted by Gasteiger charge is -1.93. The number of rotatable bonds is 1. The minimum atomic E-state index is 0.522. The Bertz CT molecular complexity index is 651. The smallest absolute Gasteiger partial charge is 0.153 e. The van der Waals surface area contributed by atoms with Crippen molar-refractivity contribution in [3.63, 3.8) is 0 Å². The number of fused-ring (bicyclic) bond motifs is 1. The highest BCUT2D eigenvalue weighted by Crippen LogP contribution is 2.32. The van der Waals surface area contributed by atoms with E-state index in [9.17, 15) is 0 Å². The number of anilines is 1. The Labute approximate surface area is 92.3 Å². The summed E-state index contributed by atoms with van der Waals surface area (Å²) in [7, 11) is 1.85. The molecule has 0 aliphatic heterocycles. The molecule has 0 unspecified atom stereocenters. The standard InChI is InChI=1S/C12H11N3O/c1-15-6-9(12(13)14-15)10-7-16-11-5-3-2-4-8(10)11/h2-7H,1H3,(H2,13,14). The van der Waals surface area contributed by atoms with Crippen molar-refractivity contribution in [3.8, 4) is 11.1 Å². The van der Waals surface area contributed by atoms with Crippen LogP contribution in [0.4, 0.5) is 5.82 Å². The number of hydrogen-bond donors (Lipinski definition) is 1. The van der Waals surface area contributed by atoms with E-state index < -0.39 is 0 Å². The molecule has 3 rings (SSSR count). The van der Waals surface area contributed by atoms with Crippen molar-refractivity contribution in [3.05, 3.63) is 36.7 Å². The molecule has 4 heteroatoms. The van der Waals surface area contributed by atoms with Crippen LogP contribution in [0.25, 0.3) is 22.1 Å². The van der Waals surface area contributed by atoms with E-state index in [1.165, 1.54) is 0 Å². The van der Waals surface area contributed by atoms with Gasteiger partial charge in [-0.05, 0) is 6.07 Å². The average molecular weight is 213 g/mol. The highest BCUT2D eigenvalue weighted by Gasteiger charge is 2.12. The maximum absolute atomic E-state index is 5.85. The van der Waals surface area contributed by atoms with E-state index in [1.807, 2.05) is 37.5 Å². The molecule has 0 saturated heterocycles. The molecule has 80 valence electrons. The average Bonchev–Trinajstić information content (AvgIpc) is 2.81. The third-order valence-electron chi connectivity index (χ3n) is 2.63. The summed E-state index contributed by atoms with van der Waals surface area (Å²) in [6, 6.07) is 7.88. The third kappa shape index (κ3) is 1.20. The fourth-order valence-electron chi connectivity index (χ4n) is 1.90. The van der Waals surface area contributed by atoms with Crippen LogP contribution in [0.15, 0.2) is 41.1 Å². The number of hydrogen-bond acceptors (Lipinski definition) is 3. The summed E-state index contributed by atoms with van der Waals surface area (Å²) in [5.41, 5.74) is 8.61. The van der Waals surface area contributed by atoms with E-state index in [-0.39, 0.29) is 0 Å². The first kappa shape index (κ1) is 9.03. The van der Waals surface area contributed by atoms with Gasteiger partial charge in [0.25, 0.3) is 0 Å². The van der Waals surface area contributed by atoms with Gasteiger partial charge in [-0.1, -0.05) is 18.2 Å². The fourth-order valence-corrected chi connectivity index (χ4v) is 1.90. The molecule has 0 bridgehead atoms. The highest BCUT2D eigenvalue weighted by atomic mass is 16.3.